The standard InChI is InChI=1S/C18H18ClFN2O4/c1-24-5-6-26-14-4-3-13(20)15(17(14)25-2)16(23)12-9-22-18-11(12)7-10(19)8-21-18/h3-4,7-9,16,23H,5-6H2,1-2H3,(H,21,22). The van der Waals surface area contributed by atoms with Gasteiger partial charge in [-0.05, 0) is 18.2 Å². The molecule has 3 rings (SSSR count). The first-order valence-electron chi connectivity index (χ1n) is 7.85. The van der Waals surface area contributed by atoms with Crippen molar-refractivity contribution in [3.05, 3.63) is 52.6 Å². The number of nitrogens with one attached hydrogen (secondary N) is 1. The van der Waals surface area contributed by atoms with E-state index in [1.165, 1.54) is 25.4 Å². The Balaban J connectivity index is 2.06. The zero-order valence-electron chi connectivity index (χ0n) is 14.3. The van der Waals surface area contributed by atoms with Crippen LogP contribution in [-0.4, -0.2) is 42.5 Å². The summed E-state index contributed by atoms with van der Waals surface area (Å²) < 4.78 is 30.4. The molecule has 3 aromatic rings. The van der Waals surface area contributed by atoms with Crippen LogP contribution in [0.15, 0.2) is 30.6 Å². The number of pyridine rings is 1. The molecule has 0 radical (unpaired) electrons. The molecule has 1 unspecified atom stereocenters. The summed E-state index contributed by atoms with van der Waals surface area (Å²) in [6.45, 7) is 0.631. The van der Waals surface area contributed by atoms with Crippen LogP contribution in [-0.2, 0) is 4.74 Å². The van der Waals surface area contributed by atoms with Gasteiger partial charge in [-0.25, -0.2) is 9.37 Å². The van der Waals surface area contributed by atoms with Gasteiger partial charge in [0, 0.05) is 30.5 Å². The third kappa shape index (κ3) is 3.46. The maximum absolute atomic E-state index is 14.6. The fourth-order valence-corrected chi connectivity index (χ4v) is 2.91. The minimum absolute atomic E-state index is 0.0247. The molecule has 138 valence electrons. The Morgan fingerprint density at radius 3 is 2.85 bits per heavy atom. The molecule has 26 heavy (non-hydrogen) atoms. The van der Waals surface area contributed by atoms with E-state index in [0.29, 0.717) is 34.0 Å². The molecule has 6 nitrogen and oxygen atoms in total. The number of H-pyrrole nitrogens is 1. The molecule has 0 spiro atoms. The number of fused-ring (bicyclic) bond motifs is 1. The number of rotatable bonds is 7. The number of methoxy groups -OCH3 is 2. The molecule has 0 amide bonds. The monoisotopic (exact) mass is 380 g/mol. The summed E-state index contributed by atoms with van der Waals surface area (Å²) in [5.74, 6) is -0.174. The van der Waals surface area contributed by atoms with E-state index in [1.807, 2.05) is 0 Å². The first-order chi connectivity index (χ1) is 12.6. The van der Waals surface area contributed by atoms with Crippen LogP contribution in [0.5, 0.6) is 11.5 Å². The van der Waals surface area contributed by atoms with E-state index in [2.05, 4.69) is 9.97 Å². The summed E-state index contributed by atoms with van der Waals surface area (Å²) in [4.78, 5) is 7.09. The van der Waals surface area contributed by atoms with Gasteiger partial charge in [-0.2, -0.15) is 0 Å². The maximum Gasteiger partial charge on any atom is 0.169 e. The van der Waals surface area contributed by atoms with E-state index in [0.717, 1.165) is 0 Å². The molecule has 2 aromatic heterocycles. The molecule has 0 fully saturated rings. The van der Waals surface area contributed by atoms with Crippen LogP contribution in [0.1, 0.15) is 17.2 Å². The average Bonchev–Trinajstić information content (AvgIpc) is 3.05. The van der Waals surface area contributed by atoms with Gasteiger partial charge in [0.2, 0.25) is 0 Å². The Hall–Kier alpha value is -2.35. The molecule has 2 N–H and O–H groups in total. The van der Waals surface area contributed by atoms with E-state index < -0.39 is 11.9 Å². The lowest BCUT2D eigenvalue weighted by Crippen LogP contribution is -2.09. The number of benzene rings is 1. The summed E-state index contributed by atoms with van der Waals surface area (Å²) in [6, 6.07) is 4.33. The number of aliphatic hydroxyl groups excluding tert-OH is 1. The van der Waals surface area contributed by atoms with Crippen LogP contribution in [0, 0.1) is 5.82 Å². The van der Waals surface area contributed by atoms with Crippen LogP contribution in [0.3, 0.4) is 0 Å². The Kier molecular flexibility index (Phi) is 5.61. The number of halogens is 2. The summed E-state index contributed by atoms with van der Waals surface area (Å²) >= 11 is 6.00. The van der Waals surface area contributed by atoms with Gasteiger partial charge in [0.15, 0.2) is 11.5 Å². The normalized spacial score (nSPS) is 12.3. The zero-order chi connectivity index (χ0) is 18.7. The third-order valence-corrected chi connectivity index (χ3v) is 4.16. The summed E-state index contributed by atoms with van der Waals surface area (Å²) in [7, 11) is 2.94. The molecule has 0 aliphatic carbocycles. The van der Waals surface area contributed by atoms with Crippen molar-refractivity contribution < 1.29 is 23.7 Å². The number of hydrogen-bond acceptors (Lipinski definition) is 5. The lowest BCUT2D eigenvalue weighted by atomic mass is 9.99. The highest BCUT2D eigenvalue weighted by atomic mass is 35.5. The number of aliphatic hydroxyl groups is 1. The molecular weight excluding hydrogens is 363 g/mol. The third-order valence-electron chi connectivity index (χ3n) is 3.95. The number of ether oxygens (including phenoxy) is 3. The number of aromatic amines is 1. The molecule has 0 saturated heterocycles. The number of nitrogens with zero attached hydrogens (tertiary/aromatic N) is 1. The molecule has 0 saturated carbocycles. The molecule has 1 aromatic carbocycles. The van der Waals surface area contributed by atoms with E-state index in [1.54, 1.807) is 19.4 Å². The van der Waals surface area contributed by atoms with Gasteiger partial charge in [-0.3, -0.25) is 0 Å². The highest BCUT2D eigenvalue weighted by Crippen LogP contribution is 2.40. The SMILES string of the molecule is COCCOc1ccc(F)c(C(O)c2c[nH]c3ncc(Cl)cc23)c1OC. The first kappa shape index (κ1) is 18.4. The summed E-state index contributed by atoms with van der Waals surface area (Å²) in [5, 5.41) is 11.9. The van der Waals surface area contributed by atoms with Gasteiger partial charge in [0.1, 0.15) is 24.2 Å². The predicted molar refractivity (Wildman–Crippen MR) is 95.5 cm³/mol. The Morgan fingerprint density at radius 2 is 2.12 bits per heavy atom. The summed E-state index contributed by atoms with van der Waals surface area (Å²) in [5.41, 5.74) is 0.944. The van der Waals surface area contributed by atoms with E-state index in [9.17, 15) is 9.50 Å². The topological polar surface area (TPSA) is 76.6 Å². The van der Waals surface area contributed by atoms with E-state index in [-0.39, 0.29) is 17.9 Å². The molecular formula is C18H18ClFN2O4. The first-order valence-corrected chi connectivity index (χ1v) is 8.23. The fourth-order valence-electron chi connectivity index (χ4n) is 2.75. The average molecular weight is 381 g/mol. The Morgan fingerprint density at radius 1 is 1.31 bits per heavy atom. The molecule has 0 bridgehead atoms. The van der Waals surface area contributed by atoms with Crippen molar-refractivity contribution >= 4 is 22.6 Å². The minimum atomic E-state index is -1.30. The smallest absolute Gasteiger partial charge is 0.169 e. The van der Waals surface area contributed by atoms with E-state index >= 15 is 0 Å². The number of hydrogen-bond donors (Lipinski definition) is 2. The highest BCUT2D eigenvalue weighted by Gasteiger charge is 2.26. The Labute approximate surface area is 154 Å². The van der Waals surface area contributed by atoms with Crippen LogP contribution < -0.4 is 9.47 Å². The second kappa shape index (κ2) is 7.90. The van der Waals surface area contributed by atoms with Crippen molar-refractivity contribution in [3.63, 3.8) is 0 Å². The molecule has 0 aliphatic heterocycles. The molecule has 2 heterocycles. The van der Waals surface area contributed by atoms with Crippen molar-refractivity contribution in [3.8, 4) is 11.5 Å². The van der Waals surface area contributed by atoms with Gasteiger partial charge in [0.25, 0.3) is 0 Å². The molecule has 0 aliphatic rings. The Bertz CT molecular complexity index is 916. The van der Waals surface area contributed by atoms with Gasteiger partial charge in [-0.1, -0.05) is 11.6 Å². The lowest BCUT2D eigenvalue weighted by molar-refractivity contribution is 0.143. The van der Waals surface area contributed by atoms with Crippen LogP contribution in [0.4, 0.5) is 4.39 Å². The van der Waals surface area contributed by atoms with Crippen molar-refractivity contribution in [1.29, 1.82) is 0 Å². The van der Waals surface area contributed by atoms with Crippen LogP contribution in [0.2, 0.25) is 5.02 Å². The lowest BCUT2D eigenvalue weighted by Gasteiger charge is -2.18. The van der Waals surface area contributed by atoms with Crippen LogP contribution >= 0.6 is 11.6 Å². The highest BCUT2D eigenvalue weighted by molar-refractivity contribution is 6.31. The predicted octanol–water partition coefficient (Wildman–Crippen LogP) is 3.47. The largest absolute Gasteiger partial charge is 0.492 e. The minimum Gasteiger partial charge on any atom is -0.492 e. The van der Waals surface area contributed by atoms with Gasteiger partial charge >= 0.3 is 0 Å². The van der Waals surface area contributed by atoms with Crippen molar-refractivity contribution in [2.75, 3.05) is 27.4 Å². The van der Waals surface area contributed by atoms with Crippen LogP contribution in [0.25, 0.3) is 11.0 Å². The number of aromatic nitrogens is 2. The van der Waals surface area contributed by atoms with Crippen molar-refractivity contribution in [2.24, 2.45) is 0 Å². The van der Waals surface area contributed by atoms with E-state index in [4.69, 9.17) is 25.8 Å². The fraction of sp³-hybridized carbons (Fsp3) is 0.278. The second-order valence-electron chi connectivity index (χ2n) is 5.53. The maximum atomic E-state index is 14.6. The van der Waals surface area contributed by atoms with Crippen molar-refractivity contribution in [2.45, 2.75) is 6.10 Å². The van der Waals surface area contributed by atoms with Crippen molar-refractivity contribution in [1.82, 2.24) is 9.97 Å². The molecule has 1 atom stereocenters. The molecule has 8 heteroatoms. The quantitative estimate of drug-likeness (QED) is 0.614. The van der Waals surface area contributed by atoms with Gasteiger partial charge in [-0.15, -0.1) is 0 Å². The van der Waals surface area contributed by atoms with Gasteiger partial charge in [0.05, 0.1) is 24.3 Å². The second-order valence-corrected chi connectivity index (χ2v) is 5.97. The zero-order valence-corrected chi connectivity index (χ0v) is 15.0. The summed E-state index contributed by atoms with van der Waals surface area (Å²) in [6.07, 6.45) is 1.75. The van der Waals surface area contributed by atoms with Gasteiger partial charge < -0.3 is 24.3 Å².